The molecule has 3 aliphatic heterocycles. The van der Waals surface area contributed by atoms with Crippen molar-refractivity contribution in [2.24, 2.45) is 11.8 Å². The average Bonchev–Trinajstić information content (AvgIpc) is 3.12. The van der Waals surface area contributed by atoms with Crippen molar-refractivity contribution in [3.05, 3.63) is 28.8 Å². The first-order chi connectivity index (χ1) is 11.8. The highest BCUT2D eigenvalue weighted by Gasteiger charge is 2.73. The Bertz CT molecular complexity index is 811. The lowest BCUT2D eigenvalue weighted by Crippen LogP contribution is -2.98. The molecule has 0 aliphatic carbocycles. The maximum absolute atomic E-state index is 13.2. The normalized spacial score (nSPS) is 34.5. The van der Waals surface area contributed by atoms with Crippen molar-refractivity contribution in [3.63, 3.8) is 0 Å². The van der Waals surface area contributed by atoms with E-state index in [1.807, 2.05) is 26.1 Å². The van der Waals surface area contributed by atoms with Crippen LogP contribution < -0.4 is 10.6 Å². The number of fused-ring (bicyclic) bond motifs is 4. The van der Waals surface area contributed by atoms with Gasteiger partial charge in [0.25, 0.3) is 5.91 Å². The van der Waals surface area contributed by atoms with Gasteiger partial charge >= 0.3 is 0 Å². The molecule has 3 heterocycles. The zero-order valence-electron chi connectivity index (χ0n) is 14.4. The predicted octanol–water partition coefficient (Wildman–Crippen LogP) is 0.853. The van der Waals surface area contributed by atoms with Gasteiger partial charge in [-0.25, -0.2) is 0 Å². The van der Waals surface area contributed by atoms with Gasteiger partial charge < -0.3 is 10.6 Å². The minimum absolute atomic E-state index is 0.159. The van der Waals surface area contributed by atoms with E-state index in [1.54, 1.807) is 18.2 Å². The lowest BCUT2D eigenvalue weighted by atomic mass is 9.76. The van der Waals surface area contributed by atoms with E-state index in [9.17, 15) is 14.4 Å². The number of likely N-dealkylation sites (tertiary alicyclic amines) is 1. The molecule has 0 radical (unpaired) electrons. The molecule has 4 rings (SSSR count). The number of rotatable bonds is 2. The van der Waals surface area contributed by atoms with Gasteiger partial charge in [-0.1, -0.05) is 18.5 Å². The summed E-state index contributed by atoms with van der Waals surface area (Å²) >= 11 is 6.16. The number of hydrogen-bond donors (Lipinski definition) is 2. The van der Waals surface area contributed by atoms with Crippen molar-refractivity contribution in [2.75, 3.05) is 5.32 Å². The molecule has 2 fully saturated rings. The summed E-state index contributed by atoms with van der Waals surface area (Å²) in [6.45, 7) is 5.73. The van der Waals surface area contributed by atoms with Crippen molar-refractivity contribution in [2.45, 2.75) is 44.8 Å². The van der Waals surface area contributed by atoms with Crippen LogP contribution in [-0.2, 0) is 19.9 Å². The molecule has 0 saturated carbocycles. The van der Waals surface area contributed by atoms with Crippen LogP contribution in [0.2, 0.25) is 5.02 Å². The fourth-order valence-electron chi connectivity index (χ4n) is 4.75. The van der Waals surface area contributed by atoms with E-state index in [2.05, 4.69) is 5.32 Å². The Morgan fingerprint density at radius 2 is 2.04 bits per heavy atom. The fourth-order valence-corrected chi connectivity index (χ4v) is 4.92. The van der Waals surface area contributed by atoms with Crippen molar-refractivity contribution in [1.82, 2.24) is 4.90 Å². The number of anilines is 1. The zero-order chi connectivity index (χ0) is 18.1. The second-order valence-corrected chi connectivity index (χ2v) is 7.78. The van der Waals surface area contributed by atoms with Crippen LogP contribution in [-0.4, -0.2) is 34.7 Å². The molecule has 1 aromatic carbocycles. The van der Waals surface area contributed by atoms with Crippen LogP contribution in [0.3, 0.4) is 0 Å². The molecular weight excluding hydrogens is 342 g/mol. The standard InChI is InChI=1S/C18H20ClN3O3/c1-4-8(2)22-15(23)13-9(3)21-18(14(13)16(22)24)11-7-10(19)5-6-12(11)20-17(18)25/h5-9,13-14,21H,4H2,1-3H3,(H,20,25)/p+1/t8-,9-,13-,14+,18-/m1/s1. The smallest absolute Gasteiger partial charge is 0.291 e. The molecule has 3 aliphatic rings. The van der Waals surface area contributed by atoms with Crippen LogP contribution in [0.4, 0.5) is 5.69 Å². The molecular formula is C18H21ClN3O3+. The fraction of sp³-hybridized carbons (Fsp3) is 0.500. The maximum Gasteiger partial charge on any atom is 0.291 e. The van der Waals surface area contributed by atoms with Crippen LogP contribution in [0, 0.1) is 11.8 Å². The van der Waals surface area contributed by atoms with Crippen LogP contribution in [0.5, 0.6) is 0 Å². The summed E-state index contributed by atoms with van der Waals surface area (Å²) in [5.74, 6) is -1.82. The second kappa shape index (κ2) is 5.29. The summed E-state index contributed by atoms with van der Waals surface area (Å²) in [4.78, 5) is 40.5. The van der Waals surface area contributed by atoms with Gasteiger partial charge in [0.1, 0.15) is 11.8 Å². The summed E-state index contributed by atoms with van der Waals surface area (Å²) < 4.78 is 0. The summed E-state index contributed by atoms with van der Waals surface area (Å²) in [6.07, 6.45) is 0.691. The Balaban J connectivity index is 1.89. The van der Waals surface area contributed by atoms with Crippen LogP contribution in [0.25, 0.3) is 0 Å². The summed E-state index contributed by atoms with van der Waals surface area (Å²) in [7, 11) is 0. The Morgan fingerprint density at radius 1 is 1.32 bits per heavy atom. The van der Waals surface area contributed by atoms with Gasteiger partial charge in [0.2, 0.25) is 17.4 Å². The first-order valence-corrected chi connectivity index (χ1v) is 9.05. The molecule has 132 valence electrons. The Morgan fingerprint density at radius 3 is 2.72 bits per heavy atom. The number of carbonyl (C=O) groups is 3. The molecule has 6 nitrogen and oxygen atoms in total. The van der Waals surface area contributed by atoms with Gasteiger partial charge in [0.05, 0.1) is 11.7 Å². The molecule has 0 bridgehead atoms. The van der Waals surface area contributed by atoms with Gasteiger partial charge in [-0.05, 0) is 38.5 Å². The minimum atomic E-state index is -1.11. The molecule has 2 saturated heterocycles. The number of nitrogens with zero attached hydrogens (tertiary/aromatic N) is 1. The van der Waals surface area contributed by atoms with Crippen molar-refractivity contribution < 1.29 is 19.7 Å². The Kier molecular flexibility index (Phi) is 3.50. The number of nitrogens with two attached hydrogens (primary N) is 1. The molecule has 0 aromatic heterocycles. The van der Waals surface area contributed by atoms with Crippen molar-refractivity contribution in [3.8, 4) is 0 Å². The number of amides is 3. The van der Waals surface area contributed by atoms with Crippen LogP contribution in [0.1, 0.15) is 32.8 Å². The molecule has 0 unspecified atom stereocenters. The number of benzene rings is 1. The van der Waals surface area contributed by atoms with Gasteiger partial charge in [0, 0.05) is 16.6 Å². The third kappa shape index (κ3) is 1.92. The summed E-state index contributed by atoms with van der Waals surface area (Å²) in [5, 5.41) is 5.26. The van der Waals surface area contributed by atoms with E-state index in [4.69, 9.17) is 11.6 Å². The highest BCUT2D eigenvalue weighted by atomic mass is 35.5. The Hall–Kier alpha value is -1.92. The topological polar surface area (TPSA) is 83.1 Å². The summed E-state index contributed by atoms with van der Waals surface area (Å²) in [5.41, 5.74) is 0.261. The highest BCUT2D eigenvalue weighted by Crippen LogP contribution is 2.49. The number of halogens is 1. The van der Waals surface area contributed by atoms with Gasteiger partial charge in [-0.3, -0.25) is 19.3 Å². The maximum atomic E-state index is 13.2. The van der Waals surface area contributed by atoms with Crippen molar-refractivity contribution >= 4 is 35.0 Å². The zero-order valence-corrected chi connectivity index (χ0v) is 15.1. The van der Waals surface area contributed by atoms with Gasteiger partial charge in [0.15, 0.2) is 0 Å². The van der Waals surface area contributed by atoms with Crippen LogP contribution >= 0.6 is 11.6 Å². The quantitative estimate of drug-likeness (QED) is 0.765. The molecule has 3 amide bonds. The van der Waals surface area contributed by atoms with E-state index in [1.165, 1.54) is 4.90 Å². The third-order valence-electron chi connectivity index (χ3n) is 6.05. The number of imide groups is 1. The number of quaternary nitrogens is 1. The van der Waals surface area contributed by atoms with Gasteiger partial charge in [-0.2, -0.15) is 0 Å². The predicted molar refractivity (Wildman–Crippen MR) is 91.7 cm³/mol. The molecule has 1 aromatic rings. The lowest BCUT2D eigenvalue weighted by Gasteiger charge is -2.28. The monoisotopic (exact) mass is 362 g/mol. The minimum Gasteiger partial charge on any atom is -0.326 e. The van der Waals surface area contributed by atoms with E-state index in [-0.39, 0.29) is 29.8 Å². The number of nitrogens with one attached hydrogen (secondary N) is 1. The highest BCUT2D eigenvalue weighted by molar-refractivity contribution is 6.31. The molecule has 5 atom stereocenters. The molecule has 3 N–H and O–H groups in total. The van der Waals surface area contributed by atoms with E-state index < -0.39 is 17.4 Å². The molecule has 7 heteroatoms. The molecule has 25 heavy (non-hydrogen) atoms. The third-order valence-corrected chi connectivity index (χ3v) is 6.29. The first kappa shape index (κ1) is 16.5. The first-order valence-electron chi connectivity index (χ1n) is 8.67. The van der Waals surface area contributed by atoms with Crippen molar-refractivity contribution in [1.29, 1.82) is 0 Å². The number of carbonyl (C=O) groups excluding carboxylic acids is 3. The average molecular weight is 363 g/mol. The van der Waals surface area contributed by atoms with Crippen LogP contribution in [0.15, 0.2) is 18.2 Å². The lowest BCUT2D eigenvalue weighted by molar-refractivity contribution is -0.730. The van der Waals surface area contributed by atoms with E-state index in [0.29, 0.717) is 22.7 Å². The largest absolute Gasteiger partial charge is 0.326 e. The molecule has 1 spiro atoms. The second-order valence-electron chi connectivity index (χ2n) is 7.35. The Labute approximate surface area is 150 Å². The summed E-state index contributed by atoms with van der Waals surface area (Å²) in [6, 6.07) is 4.88. The van der Waals surface area contributed by atoms with E-state index in [0.717, 1.165) is 0 Å². The number of hydrogen-bond acceptors (Lipinski definition) is 3. The van der Waals surface area contributed by atoms with Gasteiger partial charge in [-0.15, -0.1) is 0 Å². The van der Waals surface area contributed by atoms with E-state index >= 15 is 0 Å². The SMILES string of the molecule is CC[C@@H](C)N1C(=O)[C@H]2[C@@H](C1=O)[C@@]1([NH2+][C@@H]2C)C(=O)Nc2ccc(Cl)cc21.